The fraction of sp³-hybridized carbons (Fsp3) is 0.247. The van der Waals surface area contributed by atoms with Crippen LogP contribution in [0.15, 0.2) is 191 Å². The van der Waals surface area contributed by atoms with Crippen LogP contribution in [0.5, 0.6) is 0 Å². The van der Waals surface area contributed by atoms with Gasteiger partial charge in [-0.1, -0.05) is 217 Å². The average Bonchev–Trinajstić information content (AvgIpc) is 3.22. The zero-order valence-electron chi connectivity index (χ0n) is 49.2. The Morgan fingerprint density at radius 3 is 1.53 bits per heavy atom. The SMILES string of the molecule is CC(C)(C)c1ccc(C(=Cc2ccc(/C=C3/Cc4c(ccc5c6ccccc6n(-c6cc7c(=O)c8cc(C(C)(C)C)ccc8n8c9ccc(C(C)(C)C)cc9c(=O)c(c6)c78)c45)C4=C3CCC=C4)cc2)c2ccc(C(C)(C)C)cc2)cc1. The van der Waals surface area contributed by atoms with Crippen molar-refractivity contribution in [1.82, 2.24) is 8.97 Å². The summed E-state index contributed by atoms with van der Waals surface area (Å²) >= 11 is 0. The highest BCUT2D eigenvalue weighted by molar-refractivity contribution is 6.14. The van der Waals surface area contributed by atoms with E-state index in [4.69, 9.17) is 0 Å². The average molecular weight is 1060 g/mol. The molecule has 402 valence electrons. The molecule has 0 aliphatic heterocycles. The van der Waals surface area contributed by atoms with Crippen molar-refractivity contribution in [3.05, 3.63) is 257 Å². The van der Waals surface area contributed by atoms with Gasteiger partial charge in [-0.3, -0.25) is 9.59 Å². The van der Waals surface area contributed by atoms with Gasteiger partial charge in [0.25, 0.3) is 0 Å². The molecule has 0 fully saturated rings. The molecule has 4 heteroatoms. The summed E-state index contributed by atoms with van der Waals surface area (Å²) in [7, 11) is 0. The molecule has 0 amide bonds. The highest BCUT2D eigenvalue weighted by Crippen LogP contribution is 2.47. The van der Waals surface area contributed by atoms with Crippen molar-refractivity contribution in [1.29, 1.82) is 0 Å². The van der Waals surface area contributed by atoms with Crippen LogP contribution >= 0.6 is 0 Å². The molecule has 11 aromatic rings. The smallest absolute Gasteiger partial charge is 0.197 e. The Bertz CT molecular complexity index is 4490. The van der Waals surface area contributed by atoms with Crippen LogP contribution in [-0.2, 0) is 28.1 Å². The van der Waals surface area contributed by atoms with Crippen LogP contribution in [0, 0.1) is 0 Å². The fourth-order valence-electron chi connectivity index (χ4n) is 13.0. The molecule has 2 aliphatic carbocycles. The maximum Gasteiger partial charge on any atom is 0.197 e. The summed E-state index contributed by atoms with van der Waals surface area (Å²) in [6.45, 7) is 26.7. The Kier molecular flexibility index (Phi) is 12.0. The van der Waals surface area contributed by atoms with Crippen molar-refractivity contribution < 1.29 is 0 Å². The van der Waals surface area contributed by atoms with Gasteiger partial charge in [-0.05, 0) is 161 Å². The molecule has 0 saturated heterocycles. The van der Waals surface area contributed by atoms with Gasteiger partial charge in [0.2, 0.25) is 0 Å². The van der Waals surface area contributed by atoms with Gasteiger partial charge < -0.3 is 8.97 Å². The molecule has 0 saturated carbocycles. The number of aromatic nitrogens is 2. The summed E-state index contributed by atoms with van der Waals surface area (Å²) < 4.78 is 4.54. The van der Waals surface area contributed by atoms with Crippen LogP contribution in [0.2, 0.25) is 0 Å². The first-order valence-electron chi connectivity index (χ1n) is 29.1. The molecule has 8 aromatic carbocycles. The Labute approximate surface area is 476 Å². The summed E-state index contributed by atoms with van der Waals surface area (Å²) in [6, 6.07) is 57.3. The lowest BCUT2D eigenvalue weighted by Crippen LogP contribution is -2.18. The predicted molar refractivity (Wildman–Crippen MR) is 346 cm³/mol. The minimum Gasteiger partial charge on any atom is -0.309 e. The maximum atomic E-state index is 15.4. The number of benzene rings is 8. The first-order chi connectivity index (χ1) is 38.5. The normalized spacial score (nSPS) is 14.8. The van der Waals surface area contributed by atoms with E-state index in [1.807, 2.05) is 0 Å². The van der Waals surface area contributed by atoms with Crippen LogP contribution in [0.1, 0.15) is 152 Å². The zero-order chi connectivity index (χ0) is 56.7. The maximum absolute atomic E-state index is 15.4. The molecular formula is C77H72N2O2. The summed E-state index contributed by atoms with van der Waals surface area (Å²) in [6.07, 6.45) is 12.1. The third-order valence-corrected chi connectivity index (χ3v) is 17.6. The molecule has 0 unspecified atom stereocenters. The molecule has 2 aliphatic rings. The highest BCUT2D eigenvalue weighted by atomic mass is 16.1. The van der Waals surface area contributed by atoms with Gasteiger partial charge in [-0.2, -0.15) is 0 Å². The number of rotatable bonds is 5. The summed E-state index contributed by atoms with van der Waals surface area (Å²) in [4.78, 5) is 30.8. The summed E-state index contributed by atoms with van der Waals surface area (Å²) in [5.41, 5.74) is 22.0. The lowest BCUT2D eigenvalue weighted by molar-refractivity contribution is 0.590. The second-order valence-electron chi connectivity index (χ2n) is 27.2. The van der Waals surface area contributed by atoms with Gasteiger partial charge in [-0.15, -0.1) is 0 Å². The monoisotopic (exact) mass is 1060 g/mol. The Hall–Kier alpha value is -8.34. The molecule has 4 nitrogen and oxygen atoms in total. The quantitative estimate of drug-likeness (QED) is 0.0979. The number of allylic oxidation sites excluding steroid dienone is 5. The minimum absolute atomic E-state index is 0.0644. The van der Waals surface area contributed by atoms with E-state index in [-0.39, 0.29) is 32.5 Å². The molecule has 0 bridgehead atoms. The fourth-order valence-corrected chi connectivity index (χ4v) is 13.0. The van der Waals surface area contributed by atoms with Crippen molar-refractivity contribution in [3.63, 3.8) is 0 Å². The summed E-state index contributed by atoms with van der Waals surface area (Å²) in [5.74, 6) is 0. The van der Waals surface area contributed by atoms with E-state index in [1.165, 1.54) is 55.7 Å². The van der Waals surface area contributed by atoms with Crippen molar-refractivity contribution in [2.45, 2.75) is 124 Å². The predicted octanol–water partition coefficient (Wildman–Crippen LogP) is 19.2. The van der Waals surface area contributed by atoms with Crippen LogP contribution in [0.4, 0.5) is 0 Å². The lowest BCUT2D eigenvalue weighted by atomic mass is 9.77. The second-order valence-corrected chi connectivity index (χ2v) is 27.2. The molecule has 81 heavy (non-hydrogen) atoms. The summed E-state index contributed by atoms with van der Waals surface area (Å²) in [5, 5.41) is 4.66. The van der Waals surface area contributed by atoms with Gasteiger partial charge >= 0.3 is 0 Å². The third kappa shape index (κ3) is 8.81. The van der Waals surface area contributed by atoms with Gasteiger partial charge in [0, 0.05) is 44.4 Å². The Balaban J connectivity index is 0.990. The number of nitrogens with zero attached hydrogens (tertiary/aromatic N) is 2. The number of pyridine rings is 2. The van der Waals surface area contributed by atoms with Crippen LogP contribution in [0.25, 0.3) is 88.9 Å². The molecule has 13 rings (SSSR count). The molecule has 0 radical (unpaired) electrons. The zero-order valence-corrected chi connectivity index (χ0v) is 49.2. The van der Waals surface area contributed by atoms with E-state index < -0.39 is 0 Å². The van der Waals surface area contributed by atoms with E-state index in [2.05, 4.69) is 274 Å². The number of fused-ring (bicyclic) bond motifs is 10. The Morgan fingerprint density at radius 1 is 0.469 bits per heavy atom. The second kappa shape index (κ2) is 18.6. The lowest BCUT2D eigenvalue weighted by Gasteiger charge is -2.28. The molecule has 0 spiro atoms. The van der Waals surface area contributed by atoms with E-state index >= 15 is 9.59 Å². The largest absolute Gasteiger partial charge is 0.309 e. The molecule has 3 heterocycles. The van der Waals surface area contributed by atoms with Crippen molar-refractivity contribution in [2.24, 2.45) is 0 Å². The highest BCUT2D eigenvalue weighted by Gasteiger charge is 2.29. The van der Waals surface area contributed by atoms with Crippen molar-refractivity contribution >= 4 is 83.2 Å². The molecule has 3 aromatic heterocycles. The van der Waals surface area contributed by atoms with Gasteiger partial charge in [0.15, 0.2) is 10.9 Å². The van der Waals surface area contributed by atoms with E-state index in [0.717, 1.165) is 80.0 Å². The van der Waals surface area contributed by atoms with Crippen LogP contribution < -0.4 is 10.9 Å². The van der Waals surface area contributed by atoms with E-state index in [0.29, 0.717) is 27.1 Å². The first kappa shape index (κ1) is 52.1. The van der Waals surface area contributed by atoms with Gasteiger partial charge in [-0.25, -0.2) is 0 Å². The van der Waals surface area contributed by atoms with Gasteiger partial charge in [0.05, 0.1) is 27.6 Å². The Morgan fingerprint density at radius 2 is 0.988 bits per heavy atom. The number of hydrogen-bond donors (Lipinski definition) is 0. The van der Waals surface area contributed by atoms with Gasteiger partial charge in [0.1, 0.15) is 0 Å². The minimum atomic E-state index is -0.178. The molecular weight excluding hydrogens is 985 g/mol. The standard InChI is InChI=1S/C77H72N2O2/c1-74(2,3)51-29-25-48(26-30-51)61(49-27-31-52(32-28-49)75(4,5)6)40-47-23-21-46(22-24-47)39-50-41-62-58(57-18-14-13-17-56(50)57)35-36-60-59-19-15-16-20-67(59)78(70(60)62)55-44-65-71-66(45-55)73(81)64-43-54(77(10,11)12)34-38-69(64)79(71)68-37-33-53(76(7,8)9)42-63(68)72(65)80/h14-16,18-40,42-45H,13,17,41H2,1-12H3/b50-39-. The number of para-hydroxylation sites is 1. The number of hydrogen-bond acceptors (Lipinski definition) is 2. The van der Waals surface area contributed by atoms with E-state index in [9.17, 15) is 0 Å². The third-order valence-electron chi connectivity index (χ3n) is 17.6. The van der Waals surface area contributed by atoms with E-state index in [1.54, 1.807) is 0 Å². The first-order valence-corrected chi connectivity index (χ1v) is 29.1. The molecule has 0 atom stereocenters. The van der Waals surface area contributed by atoms with Crippen molar-refractivity contribution in [3.8, 4) is 5.69 Å². The molecule has 0 N–H and O–H groups in total. The van der Waals surface area contributed by atoms with Crippen LogP contribution in [-0.4, -0.2) is 8.97 Å². The van der Waals surface area contributed by atoms with Crippen molar-refractivity contribution in [2.75, 3.05) is 0 Å². The van der Waals surface area contributed by atoms with Crippen LogP contribution in [0.3, 0.4) is 0 Å². The topological polar surface area (TPSA) is 43.5 Å².